The van der Waals surface area contributed by atoms with Crippen LogP contribution in [0.5, 0.6) is 0 Å². The number of H-pyrrole nitrogens is 1. The third kappa shape index (κ3) is 1.64. The molecule has 1 aromatic carbocycles. The molecule has 0 aliphatic carbocycles. The van der Waals surface area contributed by atoms with Gasteiger partial charge in [-0.3, -0.25) is 0 Å². The summed E-state index contributed by atoms with van der Waals surface area (Å²) in [6, 6.07) is 3.99. The fraction of sp³-hybridized carbons (Fsp3) is 0.333. The van der Waals surface area contributed by atoms with Crippen LogP contribution in [-0.2, 0) is 6.42 Å². The van der Waals surface area contributed by atoms with E-state index in [0.29, 0.717) is 6.54 Å². The van der Waals surface area contributed by atoms with Crippen LogP contribution < -0.4 is 5.73 Å². The Balaban J connectivity index is 2.75. The van der Waals surface area contributed by atoms with Gasteiger partial charge in [-0.25, -0.2) is 0 Å². The molecule has 0 unspecified atom stereocenters. The number of aromatic amines is 1. The van der Waals surface area contributed by atoms with Gasteiger partial charge >= 0.3 is 0 Å². The van der Waals surface area contributed by atoms with E-state index in [4.69, 9.17) is 17.3 Å². The number of halogens is 1. The molecule has 0 saturated carbocycles. The predicted molar refractivity (Wildman–Crippen MR) is 65.5 cm³/mol. The highest BCUT2D eigenvalue weighted by molar-refractivity contribution is 6.35. The van der Waals surface area contributed by atoms with Crippen molar-refractivity contribution in [1.29, 1.82) is 0 Å². The van der Waals surface area contributed by atoms with Gasteiger partial charge in [-0.1, -0.05) is 17.7 Å². The Morgan fingerprint density at radius 1 is 1.33 bits per heavy atom. The summed E-state index contributed by atoms with van der Waals surface area (Å²) >= 11 is 6.20. The summed E-state index contributed by atoms with van der Waals surface area (Å²) in [6.45, 7) is 4.83. The topological polar surface area (TPSA) is 41.8 Å². The highest BCUT2D eigenvalue weighted by atomic mass is 35.5. The van der Waals surface area contributed by atoms with Gasteiger partial charge in [-0.05, 0) is 37.6 Å². The highest BCUT2D eigenvalue weighted by Gasteiger charge is 2.11. The summed E-state index contributed by atoms with van der Waals surface area (Å²) in [4.78, 5) is 3.41. The average molecular weight is 223 g/mol. The van der Waals surface area contributed by atoms with E-state index in [1.165, 1.54) is 16.8 Å². The van der Waals surface area contributed by atoms with Crippen molar-refractivity contribution >= 4 is 22.5 Å². The summed E-state index contributed by atoms with van der Waals surface area (Å²) in [5.74, 6) is 0. The molecule has 3 heteroatoms. The van der Waals surface area contributed by atoms with Gasteiger partial charge in [0.2, 0.25) is 0 Å². The second-order valence-electron chi connectivity index (χ2n) is 3.88. The average Bonchev–Trinajstić information content (AvgIpc) is 2.53. The molecule has 80 valence electrons. The summed E-state index contributed by atoms with van der Waals surface area (Å²) in [6.07, 6.45) is 0.871. The first-order valence-corrected chi connectivity index (χ1v) is 5.49. The Hall–Kier alpha value is -0.990. The predicted octanol–water partition coefficient (Wildman–Crippen LogP) is 2.94. The van der Waals surface area contributed by atoms with Crippen molar-refractivity contribution in [3.8, 4) is 0 Å². The van der Waals surface area contributed by atoms with E-state index in [9.17, 15) is 0 Å². The number of hydrogen-bond acceptors (Lipinski definition) is 1. The minimum atomic E-state index is 0.657. The third-order valence-corrected chi connectivity index (χ3v) is 3.18. The summed E-state index contributed by atoms with van der Waals surface area (Å²) in [5.41, 5.74) is 10.4. The fourth-order valence-corrected chi connectivity index (χ4v) is 2.30. The number of fused-ring (bicyclic) bond motifs is 1. The Bertz CT molecular complexity index is 500. The van der Waals surface area contributed by atoms with Crippen LogP contribution in [0.3, 0.4) is 0 Å². The van der Waals surface area contributed by atoms with Gasteiger partial charge in [0.1, 0.15) is 0 Å². The maximum Gasteiger partial charge on any atom is 0.0503 e. The van der Waals surface area contributed by atoms with E-state index in [1.807, 2.05) is 12.1 Å². The fourth-order valence-electron chi connectivity index (χ4n) is 2.00. The van der Waals surface area contributed by atoms with Crippen LogP contribution in [0.25, 0.3) is 10.9 Å². The number of hydrogen-bond donors (Lipinski definition) is 2. The number of rotatable bonds is 2. The molecule has 2 nitrogen and oxygen atoms in total. The van der Waals surface area contributed by atoms with Gasteiger partial charge in [-0.2, -0.15) is 0 Å². The molecule has 1 heterocycles. The van der Waals surface area contributed by atoms with Crippen LogP contribution >= 0.6 is 11.6 Å². The van der Waals surface area contributed by atoms with Gasteiger partial charge in [0, 0.05) is 17.5 Å². The van der Waals surface area contributed by atoms with Crippen LogP contribution in [0, 0.1) is 13.8 Å². The van der Waals surface area contributed by atoms with Crippen LogP contribution in [0.2, 0.25) is 5.02 Å². The third-order valence-electron chi connectivity index (χ3n) is 2.86. The zero-order chi connectivity index (χ0) is 11.0. The summed E-state index contributed by atoms with van der Waals surface area (Å²) < 4.78 is 0. The van der Waals surface area contributed by atoms with Crippen LogP contribution in [0.15, 0.2) is 12.1 Å². The molecule has 0 radical (unpaired) electrons. The molecular formula is C12H15ClN2. The number of nitrogens with two attached hydrogens (primary N) is 1. The molecule has 0 spiro atoms. The smallest absolute Gasteiger partial charge is 0.0503 e. The van der Waals surface area contributed by atoms with Gasteiger partial charge < -0.3 is 10.7 Å². The Morgan fingerprint density at radius 2 is 2.07 bits per heavy atom. The van der Waals surface area contributed by atoms with Gasteiger partial charge in [0.15, 0.2) is 0 Å². The number of nitrogens with one attached hydrogen (secondary N) is 1. The molecule has 3 N–H and O–H groups in total. The maximum absolute atomic E-state index is 6.20. The molecular weight excluding hydrogens is 208 g/mol. The molecule has 0 aliphatic rings. The lowest BCUT2D eigenvalue weighted by Gasteiger charge is -1.98. The minimum absolute atomic E-state index is 0.657. The lowest BCUT2D eigenvalue weighted by Crippen LogP contribution is -2.03. The molecule has 15 heavy (non-hydrogen) atoms. The van der Waals surface area contributed by atoms with E-state index < -0.39 is 0 Å². The summed E-state index contributed by atoms with van der Waals surface area (Å²) in [5, 5.41) is 1.95. The van der Waals surface area contributed by atoms with Gasteiger partial charge in [0.05, 0.1) is 10.5 Å². The second-order valence-corrected chi connectivity index (χ2v) is 4.29. The molecule has 1 aromatic heterocycles. The Morgan fingerprint density at radius 3 is 2.67 bits per heavy atom. The van der Waals surface area contributed by atoms with Crippen LogP contribution in [0.4, 0.5) is 0 Å². The monoisotopic (exact) mass is 222 g/mol. The van der Waals surface area contributed by atoms with Crippen LogP contribution in [-0.4, -0.2) is 11.5 Å². The Labute approximate surface area is 94.4 Å². The summed E-state index contributed by atoms with van der Waals surface area (Å²) in [7, 11) is 0. The van der Waals surface area contributed by atoms with Crippen molar-refractivity contribution < 1.29 is 0 Å². The first-order valence-electron chi connectivity index (χ1n) is 5.11. The highest BCUT2D eigenvalue weighted by Crippen LogP contribution is 2.30. The number of aryl methyl sites for hydroxylation is 2. The van der Waals surface area contributed by atoms with E-state index in [2.05, 4.69) is 18.8 Å². The Kier molecular flexibility index (Phi) is 2.72. The molecule has 2 rings (SSSR count). The SMILES string of the molecule is Cc1ccc(Cl)c2c(C)c(CCN)[nH]c12. The lowest BCUT2D eigenvalue weighted by molar-refractivity contribution is 0.929. The van der Waals surface area contributed by atoms with Crippen molar-refractivity contribution in [2.75, 3.05) is 6.54 Å². The molecule has 0 aliphatic heterocycles. The van der Waals surface area contributed by atoms with Gasteiger partial charge in [-0.15, -0.1) is 0 Å². The van der Waals surface area contributed by atoms with Gasteiger partial charge in [0.25, 0.3) is 0 Å². The molecule has 0 amide bonds. The van der Waals surface area contributed by atoms with E-state index >= 15 is 0 Å². The maximum atomic E-state index is 6.20. The largest absolute Gasteiger partial charge is 0.358 e. The lowest BCUT2D eigenvalue weighted by atomic mass is 10.1. The van der Waals surface area contributed by atoms with Crippen LogP contribution in [0.1, 0.15) is 16.8 Å². The second kappa shape index (κ2) is 3.87. The van der Waals surface area contributed by atoms with Crippen molar-refractivity contribution in [3.63, 3.8) is 0 Å². The standard InChI is InChI=1S/C12H15ClN2/c1-7-3-4-9(13)11-8(2)10(5-6-14)15-12(7)11/h3-4,15H,5-6,14H2,1-2H3. The van der Waals surface area contributed by atoms with E-state index in [-0.39, 0.29) is 0 Å². The number of aromatic nitrogens is 1. The minimum Gasteiger partial charge on any atom is -0.358 e. The normalized spacial score (nSPS) is 11.2. The molecule has 2 aromatic rings. The van der Waals surface area contributed by atoms with E-state index in [1.54, 1.807) is 0 Å². The van der Waals surface area contributed by atoms with Crippen molar-refractivity contribution in [2.24, 2.45) is 5.73 Å². The van der Waals surface area contributed by atoms with E-state index in [0.717, 1.165) is 22.3 Å². The zero-order valence-corrected chi connectivity index (χ0v) is 9.78. The van der Waals surface area contributed by atoms with Crippen molar-refractivity contribution in [2.45, 2.75) is 20.3 Å². The molecule has 0 saturated heterocycles. The molecule has 0 fully saturated rings. The molecule has 0 bridgehead atoms. The zero-order valence-electron chi connectivity index (χ0n) is 9.02. The van der Waals surface area contributed by atoms with Crippen molar-refractivity contribution in [3.05, 3.63) is 34.0 Å². The quantitative estimate of drug-likeness (QED) is 0.806. The van der Waals surface area contributed by atoms with Crippen molar-refractivity contribution in [1.82, 2.24) is 4.98 Å². The first-order chi connectivity index (χ1) is 7.15. The molecule has 0 atom stereocenters. The number of benzene rings is 1. The first kappa shape index (κ1) is 10.5.